The summed E-state index contributed by atoms with van der Waals surface area (Å²) in [5.41, 5.74) is 2.79. The number of pyridine rings is 1. The van der Waals surface area contributed by atoms with E-state index in [4.69, 9.17) is 0 Å². The number of anilines is 1. The number of halogens is 1. The van der Waals surface area contributed by atoms with Crippen LogP contribution < -0.4 is 4.90 Å². The summed E-state index contributed by atoms with van der Waals surface area (Å²) >= 11 is 0. The van der Waals surface area contributed by atoms with E-state index in [0.717, 1.165) is 11.4 Å². The molecular weight excluding hydrogens is 357 g/mol. The van der Waals surface area contributed by atoms with Gasteiger partial charge in [0.1, 0.15) is 11.5 Å². The van der Waals surface area contributed by atoms with Gasteiger partial charge >= 0.3 is 0 Å². The number of Topliss-reactive ketones (excluding diaryl/α,β-unsaturated/α-hetero) is 1. The van der Waals surface area contributed by atoms with Gasteiger partial charge < -0.3 is 9.80 Å². The molecule has 148 valence electrons. The van der Waals surface area contributed by atoms with Gasteiger partial charge in [0.05, 0.1) is 0 Å². The third-order valence-corrected chi connectivity index (χ3v) is 5.19. The molecule has 1 atom stereocenters. The van der Waals surface area contributed by atoms with Crippen LogP contribution in [-0.4, -0.2) is 47.3 Å². The maximum absolute atomic E-state index is 13.5. The predicted molar refractivity (Wildman–Crippen MR) is 107 cm³/mol. The molecule has 0 unspecified atom stereocenters. The average Bonchev–Trinajstić information content (AvgIpc) is 2.68. The molecule has 1 aliphatic rings. The highest BCUT2D eigenvalue weighted by Gasteiger charge is 2.27. The van der Waals surface area contributed by atoms with Crippen LogP contribution in [0.25, 0.3) is 0 Å². The zero-order valence-corrected chi connectivity index (χ0v) is 16.6. The molecule has 2 heterocycles. The molecule has 0 N–H and O–H groups in total. The second kappa shape index (κ2) is 8.50. The van der Waals surface area contributed by atoms with E-state index < -0.39 is 0 Å². The van der Waals surface area contributed by atoms with E-state index in [1.807, 2.05) is 24.0 Å². The fourth-order valence-electron chi connectivity index (χ4n) is 3.58. The fraction of sp³-hybridized carbons (Fsp3) is 0.409. The number of aromatic nitrogens is 1. The molecular formula is C22H26FN3O2. The lowest BCUT2D eigenvalue weighted by Gasteiger charge is -2.41. The number of hydrogen-bond acceptors (Lipinski definition) is 4. The van der Waals surface area contributed by atoms with E-state index in [2.05, 4.69) is 16.8 Å². The molecule has 0 bridgehead atoms. The Bertz CT molecular complexity index is 884. The summed E-state index contributed by atoms with van der Waals surface area (Å²) in [4.78, 5) is 33.1. The molecule has 28 heavy (non-hydrogen) atoms. The van der Waals surface area contributed by atoms with E-state index in [1.165, 1.54) is 6.07 Å². The van der Waals surface area contributed by atoms with Gasteiger partial charge in [-0.3, -0.25) is 14.6 Å². The minimum Gasteiger partial charge on any atom is -0.365 e. The highest BCUT2D eigenvalue weighted by atomic mass is 19.1. The van der Waals surface area contributed by atoms with Crippen molar-refractivity contribution in [3.63, 3.8) is 0 Å². The van der Waals surface area contributed by atoms with Crippen molar-refractivity contribution in [3.05, 3.63) is 59.2 Å². The van der Waals surface area contributed by atoms with Gasteiger partial charge in [-0.05, 0) is 56.7 Å². The summed E-state index contributed by atoms with van der Waals surface area (Å²) in [5.74, 6) is -0.328. The monoisotopic (exact) mass is 383 g/mol. The van der Waals surface area contributed by atoms with Gasteiger partial charge in [0.15, 0.2) is 5.78 Å². The smallest absolute Gasteiger partial charge is 0.223 e. The summed E-state index contributed by atoms with van der Waals surface area (Å²) in [6.45, 7) is 7.52. The van der Waals surface area contributed by atoms with Crippen molar-refractivity contribution >= 4 is 17.4 Å². The normalized spacial score (nSPS) is 16.9. The standard InChI is InChI=1S/C22H26FN3O2/c1-15-13-18(7-8-19(15)23)26-12-11-25(14-17(26)3)22(28)10-9-21(27)20-6-4-5-16(2)24-20/h4-8,13,17H,9-12,14H2,1-3H3/t17-/m0/s1. The number of carbonyl (C=O) groups is 2. The van der Waals surface area contributed by atoms with Gasteiger partial charge in [0.25, 0.3) is 0 Å². The molecule has 6 heteroatoms. The minimum absolute atomic E-state index is 0.0113. The van der Waals surface area contributed by atoms with Crippen LogP contribution in [0.15, 0.2) is 36.4 Å². The number of carbonyl (C=O) groups excluding carboxylic acids is 2. The van der Waals surface area contributed by atoms with E-state index in [1.54, 1.807) is 25.1 Å². The SMILES string of the molecule is Cc1cccc(C(=O)CCC(=O)N2CCN(c3ccc(F)c(C)c3)[C@@H](C)C2)n1. The highest BCUT2D eigenvalue weighted by molar-refractivity contribution is 5.96. The van der Waals surface area contributed by atoms with Gasteiger partial charge in [-0.2, -0.15) is 0 Å². The maximum Gasteiger partial charge on any atom is 0.223 e. The number of nitrogens with zero attached hydrogens (tertiary/aromatic N) is 3. The number of ketones is 1. The summed E-state index contributed by atoms with van der Waals surface area (Å²) in [5, 5.41) is 0. The van der Waals surface area contributed by atoms with Gasteiger partial charge in [0.2, 0.25) is 5.91 Å². The molecule has 1 fully saturated rings. The van der Waals surface area contributed by atoms with E-state index in [-0.39, 0.29) is 36.4 Å². The summed E-state index contributed by atoms with van der Waals surface area (Å²) in [6.07, 6.45) is 0.359. The lowest BCUT2D eigenvalue weighted by Crippen LogP contribution is -2.53. The molecule has 0 saturated carbocycles. The molecule has 1 aromatic carbocycles. The van der Waals surface area contributed by atoms with Crippen LogP contribution in [0.3, 0.4) is 0 Å². The first-order chi connectivity index (χ1) is 13.3. The van der Waals surface area contributed by atoms with E-state index in [0.29, 0.717) is 30.9 Å². The van der Waals surface area contributed by atoms with Crippen molar-refractivity contribution in [3.8, 4) is 0 Å². The molecule has 1 saturated heterocycles. The topological polar surface area (TPSA) is 53.5 Å². The molecule has 1 aromatic heterocycles. The van der Waals surface area contributed by atoms with Gasteiger partial charge in [0, 0.05) is 49.9 Å². The van der Waals surface area contributed by atoms with Crippen LogP contribution in [0.5, 0.6) is 0 Å². The third kappa shape index (κ3) is 4.55. The number of rotatable bonds is 5. The van der Waals surface area contributed by atoms with Crippen molar-refractivity contribution < 1.29 is 14.0 Å². The van der Waals surface area contributed by atoms with Crippen LogP contribution in [0.2, 0.25) is 0 Å². The zero-order chi connectivity index (χ0) is 20.3. The molecule has 0 aliphatic carbocycles. The summed E-state index contributed by atoms with van der Waals surface area (Å²) in [7, 11) is 0. The van der Waals surface area contributed by atoms with Crippen molar-refractivity contribution in [2.45, 2.75) is 39.7 Å². The lowest BCUT2D eigenvalue weighted by atomic mass is 10.1. The first kappa shape index (κ1) is 20.0. The largest absolute Gasteiger partial charge is 0.365 e. The first-order valence-corrected chi connectivity index (χ1v) is 9.62. The zero-order valence-electron chi connectivity index (χ0n) is 16.6. The maximum atomic E-state index is 13.5. The summed E-state index contributed by atoms with van der Waals surface area (Å²) in [6, 6.07) is 10.6. The highest BCUT2D eigenvalue weighted by Crippen LogP contribution is 2.23. The quantitative estimate of drug-likeness (QED) is 0.741. The molecule has 3 rings (SSSR count). The fourth-order valence-corrected chi connectivity index (χ4v) is 3.58. The van der Waals surface area contributed by atoms with Gasteiger partial charge in [-0.15, -0.1) is 0 Å². The Balaban J connectivity index is 1.55. The number of aryl methyl sites for hydroxylation is 2. The minimum atomic E-state index is -0.210. The number of amides is 1. The van der Waals surface area contributed by atoms with Crippen molar-refractivity contribution in [1.82, 2.24) is 9.88 Å². The Morgan fingerprint density at radius 1 is 1.14 bits per heavy atom. The van der Waals surface area contributed by atoms with Crippen LogP contribution in [0.1, 0.15) is 41.5 Å². The van der Waals surface area contributed by atoms with Crippen molar-refractivity contribution in [2.24, 2.45) is 0 Å². The van der Waals surface area contributed by atoms with Gasteiger partial charge in [-0.1, -0.05) is 6.07 Å². The second-order valence-corrected chi connectivity index (χ2v) is 7.40. The lowest BCUT2D eigenvalue weighted by molar-refractivity contribution is -0.131. The molecule has 1 amide bonds. The Labute approximate surface area is 165 Å². The Morgan fingerprint density at radius 3 is 2.61 bits per heavy atom. The van der Waals surface area contributed by atoms with Crippen molar-refractivity contribution in [2.75, 3.05) is 24.5 Å². The third-order valence-electron chi connectivity index (χ3n) is 5.19. The van der Waals surface area contributed by atoms with Crippen molar-refractivity contribution in [1.29, 1.82) is 0 Å². The number of piperazine rings is 1. The molecule has 0 spiro atoms. The number of benzene rings is 1. The first-order valence-electron chi connectivity index (χ1n) is 9.62. The van der Waals surface area contributed by atoms with Crippen LogP contribution in [0.4, 0.5) is 10.1 Å². The predicted octanol–water partition coefficient (Wildman–Crippen LogP) is 3.54. The van der Waals surface area contributed by atoms with Gasteiger partial charge in [-0.25, -0.2) is 4.39 Å². The Hall–Kier alpha value is -2.76. The van der Waals surface area contributed by atoms with Crippen LogP contribution in [0, 0.1) is 19.7 Å². The summed E-state index contributed by atoms with van der Waals surface area (Å²) < 4.78 is 13.5. The second-order valence-electron chi connectivity index (χ2n) is 7.40. The average molecular weight is 383 g/mol. The van der Waals surface area contributed by atoms with Crippen LogP contribution in [-0.2, 0) is 4.79 Å². The molecule has 0 radical (unpaired) electrons. The molecule has 1 aliphatic heterocycles. The van der Waals surface area contributed by atoms with E-state index in [9.17, 15) is 14.0 Å². The Morgan fingerprint density at radius 2 is 1.93 bits per heavy atom. The molecule has 5 nitrogen and oxygen atoms in total. The Kier molecular flexibility index (Phi) is 6.07. The van der Waals surface area contributed by atoms with E-state index >= 15 is 0 Å². The molecule has 2 aromatic rings. The van der Waals surface area contributed by atoms with Crippen LogP contribution >= 0.6 is 0 Å². The number of hydrogen-bond donors (Lipinski definition) is 0.